The van der Waals surface area contributed by atoms with Gasteiger partial charge in [-0.3, -0.25) is 10.0 Å². The normalized spacial score (nSPS) is 9.50. The third-order valence-electron chi connectivity index (χ3n) is 1.67. The van der Waals surface area contributed by atoms with Gasteiger partial charge in [0, 0.05) is 6.42 Å². The Bertz CT molecular complexity index is 263. The van der Waals surface area contributed by atoms with Crippen molar-refractivity contribution in [2.24, 2.45) is 0 Å². The van der Waals surface area contributed by atoms with Crippen molar-refractivity contribution in [3.63, 3.8) is 0 Å². The summed E-state index contributed by atoms with van der Waals surface area (Å²) in [4.78, 5) is 10.0. The molecule has 0 spiro atoms. The topological polar surface area (TPSA) is 49.8 Å². The molecule has 4 nitrogen and oxygen atoms in total. The van der Waals surface area contributed by atoms with Crippen LogP contribution in [0.15, 0.2) is 30.3 Å². The van der Waals surface area contributed by atoms with Crippen molar-refractivity contribution >= 4 is 6.41 Å². The molecule has 1 N–H and O–H groups in total. The molecule has 0 unspecified atom stereocenters. The molecule has 0 aromatic heterocycles. The summed E-state index contributed by atoms with van der Waals surface area (Å²) in [5.41, 5.74) is 0. The highest BCUT2D eigenvalue weighted by Gasteiger charge is 1.96. The standard InChI is InChI=1S/C10H13NO3/c12-9-11(13)7-4-8-14-10-5-2-1-3-6-10/h1-3,5-6,9,13H,4,7-8H2. The van der Waals surface area contributed by atoms with E-state index in [0.29, 0.717) is 24.5 Å². The molecule has 0 atom stereocenters. The van der Waals surface area contributed by atoms with Gasteiger partial charge in [0.1, 0.15) is 5.75 Å². The summed E-state index contributed by atoms with van der Waals surface area (Å²) in [5.74, 6) is 0.795. The molecular formula is C10H13NO3. The van der Waals surface area contributed by atoms with Gasteiger partial charge in [0.2, 0.25) is 6.41 Å². The number of hydroxylamine groups is 2. The van der Waals surface area contributed by atoms with Gasteiger partial charge in [-0.1, -0.05) is 18.2 Å². The summed E-state index contributed by atoms with van der Waals surface area (Å²) < 4.78 is 5.35. The molecule has 1 aromatic carbocycles. The molecule has 1 amide bonds. The number of nitrogens with zero attached hydrogens (tertiary/aromatic N) is 1. The van der Waals surface area contributed by atoms with Crippen molar-refractivity contribution in [2.75, 3.05) is 13.2 Å². The summed E-state index contributed by atoms with van der Waals surface area (Å²) in [6.07, 6.45) is 0.979. The second-order valence-electron chi connectivity index (χ2n) is 2.78. The van der Waals surface area contributed by atoms with Crippen LogP contribution < -0.4 is 4.74 Å². The van der Waals surface area contributed by atoms with Crippen LogP contribution in [-0.4, -0.2) is 29.8 Å². The number of ether oxygens (including phenoxy) is 1. The van der Waals surface area contributed by atoms with Crippen LogP contribution in [0.25, 0.3) is 0 Å². The van der Waals surface area contributed by atoms with Crippen LogP contribution in [-0.2, 0) is 4.79 Å². The lowest BCUT2D eigenvalue weighted by Gasteiger charge is -2.09. The number of para-hydroxylation sites is 1. The fourth-order valence-electron chi connectivity index (χ4n) is 0.986. The van der Waals surface area contributed by atoms with E-state index in [9.17, 15) is 4.79 Å². The van der Waals surface area contributed by atoms with E-state index in [0.717, 1.165) is 5.75 Å². The summed E-state index contributed by atoms with van der Waals surface area (Å²) in [7, 11) is 0. The number of hydrogen-bond acceptors (Lipinski definition) is 3. The molecule has 0 aliphatic rings. The van der Waals surface area contributed by atoms with Crippen molar-refractivity contribution in [3.8, 4) is 5.75 Å². The van der Waals surface area contributed by atoms with Crippen LogP contribution >= 0.6 is 0 Å². The molecule has 14 heavy (non-hydrogen) atoms. The SMILES string of the molecule is O=CN(O)CCCOc1ccccc1. The number of rotatable bonds is 6. The largest absolute Gasteiger partial charge is 0.494 e. The molecular weight excluding hydrogens is 182 g/mol. The molecule has 0 saturated carbocycles. The second-order valence-corrected chi connectivity index (χ2v) is 2.78. The first-order chi connectivity index (χ1) is 6.83. The summed E-state index contributed by atoms with van der Waals surface area (Å²) in [5, 5.41) is 9.37. The lowest BCUT2D eigenvalue weighted by molar-refractivity contribution is -0.150. The Morgan fingerprint density at radius 3 is 2.71 bits per heavy atom. The highest BCUT2D eigenvalue weighted by molar-refractivity contribution is 5.44. The minimum Gasteiger partial charge on any atom is -0.494 e. The Hall–Kier alpha value is -1.55. The fourth-order valence-corrected chi connectivity index (χ4v) is 0.986. The zero-order valence-corrected chi connectivity index (χ0v) is 7.80. The van der Waals surface area contributed by atoms with E-state index in [4.69, 9.17) is 9.94 Å². The van der Waals surface area contributed by atoms with Crippen LogP contribution in [0.1, 0.15) is 6.42 Å². The zero-order chi connectivity index (χ0) is 10.2. The highest BCUT2D eigenvalue weighted by atomic mass is 16.5. The maximum absolute atomic E-state index is 10.0. The van der Waals surface area contributed by atoms with Gasteiger partial charge in [-0.15, -0.1) is 0 Å². The second kappa shape index (κ2) is 5.99. The summed E-state index contributed by atoms with van der Waals surface area (Å²) in [6.45, 7) is 0.769. The smallest absolute Gasteiger partial charge is 0.233 e. The Morgan fingerprint density at radius 1 is 1.36 bits per heavy atom. The van der Waals surface area contributed by atoms with Gasteiger partial charge in [-0.2, -0.15) is 0 Å². The molecule has 0 aliphatic carbocycles. The molecule has 1 rings (SSSR count). The molecule has 1 aromatic rings. The van der Waals surface area contributed by atoms with E-state index >= 15 is 0 Å². The molecule has 76 valence electrons. The average Bonchev–Trinajstić information content (AvgIpc) is 2.25. The van der Waals surface area contributed by atoms with E-state index < -0.39 is 0 Å². The minimum absolute atomic E-state index is 0.288. The van der Waals surface area contributed by atoms with Crippen molar-refractivity contribution in [2.45, 2.75) is 6.42 Å². The van der Waals surface area contributed by atoms with Crippen LogP contribution in [0.4, 0.5) is 0 Å². The van der Waals surface area contributed by atoms with Gasteiger partial charge in [0.25, 0.3) is 0 Å². The van der Waals surface area contributed by atoms with Crippen molar-refractivity contribution in [3.05, 3.63) is 30.3 Å². The first-order valence-electron chi connectivity index (χ1n) is 4.41. The Kier molecular flexibility index (Phi) is 4.50. The van der Waals surface area contributed by atoms with E-state index in [1.165, 1.54) is 0 Å². The third kappa shape index (κ3) is 3.91. The number of carbonyl (C=O) groups is 1. The number of carbonyl (C=O) groups excluding carboxylic acids is 1. The molecule has 0 radical (unpaired) electrons. The Labute approximate surface area is 82.7 Å². The van der Waals surface area contributed by atoms with Gasteiger partial charge in [-0.25, -0.2) is 5.06 Å². The fraction of sp³-hybridized carbons (Fsp3) is 0.300. The minimum atomic E-state index is 0.288. The quantitative estimate of drug-likeness (QED) is 0.322. The lowest BCUT2D eigenvalue weighted by atomic mass is 10.3. The molecule has 4 heteroatoms. The van der Waals surface area contributed by atoms with Gasteiger partial charge < -0.3 is 4.74 Å². The van der Waals surface area contributed by atoms with Gasteiger partial charge in [0.05, 0.1) is 13.2 Å². The maximum Gasteiger partial charge on any atom is 0.233 e. The monoisotopic (exact) mass is 195 g/mol. The van der Waals surface area contributed by atoms with E-state index in [1.807, 2.05) is 30.3 Å². The number of benzene rings is 1. The highest BCUT2D eigenvalue weighted by Crippen LogP contribution is 2.08. The van der Waals surface area contributed by atoms with E-state index in [2.05, 4.69) is 0 Å². The predicted molar refractivity (Wildman–Crippen MR) is 51.1 cm³/mol. The molecule has 0 heterocycles. The van der Waals surface area contributed by atoms with Crippen LogP contribution in [0, 0.1) is 0 Å². The molecule has 0 bridgehead atoms. The first-order valence-corrected chi connectivity index (χ1v) is 4.41. The van der Waals surface area contributed by atoms with Gasteiger partial charge in [0.15, 0.2) is 0 Å². The van der Waals surface area contributed by atoms with Gasteiger partial charge >= 0.3 is 0 Å². The summed E-state index contributed by atoms with van der Waals surface area (Å²) >= 11 is 0. The average molecular weight is 195 g/mol. The predicted octanol–water partition coefficient (Wildman–Crippen LogP) is 1.30. The van der Waals surface area contributed by atoms with E-state index in [-0.39, 0.29) is 6.54 Å². The molecule has 0 fully saturated rings. The lowest BCUT2D eigenvalue weighted by Crippen LogP contribution is -2.19. The molecule has 0 saturated heterocycles. The van der Waals surface area contributed by atoms with Crippen LogP contribution in [0.5, 0.6) is 5.75 Å². The number of hydrogen-bond donors (Lipinski definition) is 1. The molecule has 0 aliphatic heterocycles. The van der Waals surface area contributed by atoms with Crippen molar-refractivity contribution in [1.82, 2.24) is 5.06 Å². The third-order valence-corrected chi connectivity index (χ3v) is 1.67. The van der Waals surface area contributed by atoms with E-state index in [1.54, 1.807) is 0 Å². The van der Waals surface area contributed by atoms with Crippen molar-refractivity contribution in [1.29, 1.82) is 0 Å². The maximum atomic E-state index is 10.0. The van der Waals surface area contributed by atoms with Gasteiger partial charge in [-0.05, 0) is 12.1 Å². The Balaban J connectivity index is 2.13. The van der Waals surface area contributed by atoms with Crippen LogP contribution in [0.2, 0.25) is 0 Å². The van der Waals surface area contributed by atoms with Crippen molar-refractivity contribution < 1.29 is 14.7 Å². The summed E-state index contributed by atoms with van der Waals surface area (Å²) in [6, 6.07) is 9.40. The zero-order valence-electron chi connectivity index (χ0n) is 7.80. The first kappa shape index (κ1) is 10.5. The Morgan fingerprint density at radius 2 is 2.07 bits per heavy atom. The van der Waals surface area contributed by atoms with Crippen LogP contribution in [0.3, 0.4) is 0 Å². The number of amides is 1.